The molecule has 2 saturated heterocycles. The summed E-state index contributed by atoms with van der Waals surface area (Å²) in [7, 11) is 0. The summed E-state index contributed by atoms with van der Waals surface area (Å²) in [5.41, 5.74) is 2.37. The predicted octanol–water partition coefficient (Wildman–Crippen LogP) is 4.52. The minimum atomic E-state index is -0.345. The van der Waals surface area contributed by atoms with Crippen molar-refractivity contribution in [1.82, 2.24) is 9.80 Å². The molecule has 0 aromatic heterocycles. The summed E-state index contributed by atoms with van der Waals surface area (Å²) >= 11 is 0. The third kappa shape index (κ3) is 4.15. The first-order valence-electron chi connectivity index (χ1n) is 10.8. The van der Waals surface area contributed by atoms with Crippen molar-refractivity contribution in [3.8, 4) is 0 Å². The van der Waals surface area contributed by atoms with Crippen molar-refractivity contribution in [2.24, 2.45) is 5.92 Å². The standard InChI is InChI=1S/C25H32N2O/c1-25(15-8-16-27(25)20-23-11-6-3-7-12-23)24(28)26-17-13-22(14-18-26)19-21-9-4-2-5-10-21/h2-7,9-12,22H,8,13-20H2,1H3/t25-/m1/s1. The van der Waals surface area contributed by atoms with Crippen LogP contribution >= 0.6 is 0 Å². The normalized spacial score (nSPS) is 23.8. The maximum Gasteiger partial charge on any atom is 0.242 e. The fourth-order valence-corrected chi connectivity index (χ4v) is 4.95. The monoisotopic (exact) mass is 376 g/mol. The molecule has 148 valence electrons. The largest absolute Gasteiger partial charge is 0.341 e. The van der Waals surface area contributed by atoms with Crippen LogP contribution in [0.4, 0.5) is 0 Å². The molecule has 28 heavy (non-hydrogen) atoms. The molecular weight excluding hydrogens is 344 g/mol. The molecule has 2 aromatic rings. The van der Waals surface area contributed by atoms with Gasteiger partial charge in [0.05, 0.1) is 5.54 Å². The van der Waals surface area contributed by atoms with Crippen LogP contribution in [0.25, 0.3) is 0 Å². The Balaban J connectivity index is 1.36. The minimum absolute atomic E-state index is 0.345. The van der Waals surface area contributed by atoms with E-state index in [2.05, 4.69) is 77.4 Å². The Labute approximate surface area is 169 Å². The van der Waals surface area contributed by atoms with Gasteiger partial charge in [-0.15, -0.1) is 0 Å². The number of rotatable bonds is 5. The second kappa shape index (κ2) is 8.48. The van der Waals surface area contributed by atoms with Crippen LogP contribution in [0, 0.1) is 5.92 Å². The lowest BCUT2D eigenvalue weighted by Gasteiger charge is -2.41. The van der Waals surface area contributed by atoms with Gasteiger partial charge in [-0.3, -0.25) is 9.69 Å². The third-order valence-corrected chi connectivity index (χ3v) is 6.74. The Morgan fingerprint density at radius 3 is 2.18 bits per heavy atom. The highest BCUT2D eigenvalue weighted by atomic mass is 16.2. The van der Waals surface area contributed by atoms with Crippen LogP contribution in [-0.4, -0.2) is 40.9 Å². The summed E-state index contributed by atoms with van der Waals surface area (Å²) in [4.78, 5) is 18.0. The summed E-state index contributed by atoms with van der Waals surface area (Å²) in [5, 5.41) is 0. The zero-order chi connectivity index (χ0) is 19.4. The first kappa shape index (κ1) is 19.2. The average Bonchev–Trinajstić information content (AvgIpc) is 3.11. The molecule has 2 aliphatic heterocycles. The highest BCUT2D eigenvalue weighted by molar-refractivity contribution is 5.86. The SMILES string of the molecule is C[C@]1(C(=O)N2CCC(Cc3ccccc3)CC2)CCCN1Cc1ccccc1. The molecule has 2 aliphatic rings. The van der Waals surface area contributed by atoms with Crippen LogP contribution in [0.3, 0.4) is 0 Å². The fourth-order valence-electron chi connectivity index (χ4n) is 4.95. The molecule has 0 bridgehead atoms. The Morgan fingerprint density at radius 2 is 1.54 bits per heavy atom. The summed E-state index contributed by atoms with van der Waals surface area (Å²) < 4.78 is 0. The summed E-state index contributed by atoms with van der Waals surface area (Å²) in [6, 6.07) is 21.3. The van der Waals surface area contributed by atoms with E-state index in [9.17, 15) is 4.79 Å². The Kier molecular flexibility index (Phi) is 5.82. The molecule has 1 atom stereocenters. The van der Waals surface area contributed by atoms with Crippen LogP contribution in [0.15, 0.2) is 60.7 Å². The summed E-state index contributed by atoms with van der Waals surface area (Å²) in [6.45, 7) is 5.87. The molecule has 3 nitrogen and oxygen atoms in total. The highest BCUT2D eigenvalue weighted by Crippen LogP contribution is 2.34. The summed E-state index contributed by atoms with van der Waals surface area (Å²) in [5.74, 6) is 1.04. The lowest BCUT2D eigenvalue weighted by atomic mass is 9.88. The van der Waals surface area contributed by atoms with Gasteiger partial charge in [0.1, 0.15) is 0 Å². The van der Waals surface area contributed by atoms with Crippen LogP contribution in [0.2, 0.25) is 0 Å². The lowest BCUT2D eigenvalue weighted by Crippen LogP contribution is -2.56. The van der Waals surface area contributed by atoms with Crippen LogP contribution in [0.5, 0.6) is 0 Å². The van der Waals surface area contributed by atoms with Gasteiger partial charge in [0.25, 0.3) is 0 Å². The molecule has 0 aliphatic carbocycles. The van der Waals surface area contributed by atoms with Gasteiger partial charge in [0.15, 0.2) is 0 Å². The van der Waals surface area contributed by atoms with Crippen molar-refractivity contribution < 1.29 is 4.79 Å². The molecule has 0 spiro atoms. The number of piperidine rings is 1. The Morgan fingerprint density at radius 1 is 0.929 bits per heavy atom. The second-order valence-corrected chi connectivity index (χ2v) is 8.71. The smallest absolute Gasteiger partial charge is 0.242 e. The van der Waals surface area contributed by atoms with Gasteiger partial charge in [-0.25, -0.2) is 0 Å². The van der Waals surface area contributed by atoms with Crippen molar-refractivity contribution in [2.45, 2.75) is 51.1 Å². The molecule has 2 heterocycles. The molecule has 0 unspecified atom stereocenters. The number of amides is 1. The number of nitrogens with zero attached hydrogens (tertiary/aromatic N) is 2. The Hall–Kier alpha value is -2.13. The van der Waals surface area contributed by atoms with E-state index in [-0.39, 0.29) is 5.54 Å². The Bertz CT molecular complexity index is 768. The summed E-state index contributed by atoms with van der Waals surface area (Å²) in [6.07, 6.45) is 5.47. The van der Waals surface area contributed by atoms with Gasteiger partial charge in [-0.05, 0) is 62.6 Å². The van der Waals surface area contributed by atoms with Crippen LogP contribution < -0.4 is 0 Å². The number of likely N-dealkylation sites (tertiary alicyclic amines) is 2. The van der Waals surface area contributed by atoms with E-state index in [1.807, 2.05) is 0 Å². The predicted molar refractivity (Wildman–Crippen MR) is 114 cm³/mol. The maximum absolute atomic E-state index is 13.5. The maximum atomic E-state index is 13.5. The zero-order valence-corrected chi connectivity index (χ0v) is 17.0. The third-order valence-electron chi connectivity index (χ3n) is 6.74. The first-order chi connectivity index (χ1) is 13.6. The van der Waals surface area contributed by atoms with Crippen molar-refractivity contribution >= 4 is 5.91 Å². The molecular formula is C25H32N2O. The molecule has 1 amide bonds. The van der Waals surface area contributed by atoms with Gasteiger partial charge in [0, 0.05) is 19.6 Å². The minimum Gasteiger partial charge on any atom is -0.341 e. The van der Waals surface area contributed by atoms with E-state index < -0.39 is 0 Å². The number of carbonyl (C=O) groups excluding carboxylic acids is 1. The van der Waals surface area contributed by atoms with Gasteiger partial charge in [-0.2, -0.15) is 0 Å². The van der Waals surface area contributed by atoms with Gasteiger partial charge in [-0.1, -0.05) is 60.7 Å². The van der Waals surface area contributed by atoms with E-state index in [4.69, 9.17) is 0 Å². The zero-order valence-electron chi connectivity index (χ0n) is 17.0. The molecule has 0 radical (unpaired) electrons. The van der Waals surface area contributed by atoms with Crippen molar-refractivity contribution in [1.29, 1.82) is 0 Å². The van der Waals surface area contributed by atoms with E-state index in [1.165, 1.54) is 11.1 Å². The van der Waals surface area contributed by atoms with Crippen LogP contribution in [0.1, 0.15) is 43.7 Å². The highest BCUT2D eigenvalue weighted by Gasteiger charge is 2.45. The van der Waals surface area contributed by atoms with E-state index in [0.717, 1.165) is 58.3 Å². The van der Waals surface area contributed by atoms with E-state index in [0.29, 0.717) is 11.8 Å². The average molecular weight is 377 g/mol. The van der Waals surface area contributed by atoms with Crippen molar-refractivity contribution in [3.05, 3.63) is 71.8 Å². The van der Waals surface area contributed by atoms with Gasteiger partial charge in [0.2, 0.25) is 5.91 Å². The van der Waals surface area contributed by atoms with Gasteiger partial charge >= 0.3 is 0 Å². The molecule has 2 aromatic carbocycles. The number of hydrogen-bond donors (Lipinski definition) is 0. The molecule has 0 saturated carbocycles. The first-order valence-corrected chi connectivity index (χ1v) is 10.8. The van der Waals surface area contributed by atoms with Crippen LogP contribution in [-0.2, 0) is 17.8 Å². The number of benzene rings is 2. The molecule has 4 rings (SSSR count). The van der Waals surface area contributed by atoms with Crippen molar-refractivity contribution in [2.75, 3.05) is 19.6 Å². The molecule has 2 fully saturated rings. The quantitative estimate of drug-likeness (QED) is 0.766. The van der Waals surface area contributed by atoms with Crippen molar-refractivity contribution in [3.63, 3.8) is 0 Å². The van der Waals surface area contributed by atoms with E-state index >= 15 is 0 Å². The fraction of sp³-hybridized carbons (Fsp3) is 0.480. The molecule has 0 N–H and O–H groups in total. The molecule has 3 heteroatoms. The number of hydrogen-bond acceptors (Lipinski definition) is 2. The van der Waals surface area contributed by atoms with E-state index in [1.54, 1.807) is 0 Å². The number of carbonyl (C=O) groups is 1. The lowest BCUT2D eigenvalue weighted by molar-refractivity contribution is -0.143. The second-order valence-electron chi connectivity index (χ2n) is 8.71. The topological polar surface area (TPSA) is 23.6 Å². The van der Waals surface area contributed by atoms with Gasteiger partial charge < -0.3 is 4.90 Å².